The number of thiazole rings is 2. The fraction of sp³-hybridized carbons (Fsp3) is 0.250. The summed E-state index contributed by atoms with van der Waals surface area (Å²) in [4.78, 5) is 44.8. The second kappa shape index (κ2) is 9.00. The number of carbonyl (C=O) groups excluding carboxylic acids is 2. The van der Waals surface area contributed by atoms with Gasteiger partial charge in [0.15, 0.2) is 23.1 Å². The average Bonchev–Trinajstić information content (AvgIpc) is 3.15. The molecule has 1 saturated heterocycles. The number of ketones is 1. The number of epoxide rings is 1. The van der Waals surface area contributed by atoms with E-state index in [2.05, 4.69) is 15.3 Å². The van der Waals surface area contributed by atoms with Crippen molar-refractivity contribution in [2.75, 3.05) is 5.32 Å². The van der Waals surface area contributed by atoms with Gasteiger partial charge in [-0.2, -0.15) is 0 Å². The van der Waals surface area contributed by atoms with E-state index in [1.165, 1.54) is 34.8 Å². The zero-order valence-electron chi connectivity index (χ0n) is 15.9. The van der Waals surface area contributed by atoms with Crippen molar-refractivity contribution in [3.8, 4) is 11.3 Å². The van der Waals surface area contributed by atoms with Crippen LogP contribution in [0.5, 0.6) is 0 Å². The van der Waals surface area contributed by atoms with Gasteiger partial charge < -0.3 is 15.2 Å². The summed E-state index contributed by atoms with van der Waals surface area (Å²) in [6.45, 7) is 0. The van der Waals surface area contributed by atoms with Crippen LogP contribution < -0.4 is 5.32 Å². The molecular weight excluding hydrogens is 445 g/mol. The van der Waals surface area contributed by atoms with E-state index in [1.807, 2.05) is 0 Å². The molecule has 0 radical (unpaired) electrons. The van der Waals surface area contributed by atoms with Crippen molar-refractivity contribution in [2.45, 2.75) is 25.0 Å². The molecule has 0 saturated carbocycles. The summed E-state index contributed by atoms with van der Waals surface area (Å²) in [7, 11) is 0. The van der Waals surface area contributed by atoms with E-state index < -0.39 is 35.8 Å². The molecule has 2 N–H and O–H groups in total. The highest BCUT2D eigenvalue weighted by Gasteiger charge is 2.50. The maximum Gasteiger partial charge on any atom is 0.336 e. The predicted molar refractivity (Wildman–Crippen MR) is 111 cm³/mol. The molecule has 160 valence electrons. The largest absolute Gasteiger partial charge is 0.479 e. The first-order valence-electron chi connectivity index (χ1n) is 9.21. The Balaban J connectivity index is 1.45. The first-order valence-corrected chi connectivity index (χ1v) is 11.0. The molecule has 1 amide bonds. The Morgan fingerprint density at radius 1 is 1.19 bits per heavy atom. The lowest BCUT2D eigenvalue weighted by Gasteiger charge is -2.13. The molecule has 3 heterocycles. The van der Waals surface area contributed by atoms with E-state index in [0.717, 1.165) is 0 Å². The van der Waals surface area contributed by atoms with Crippen molar-refractivity contribution in [3.05, 3.63) is 52.0 Å². The van der Waals surface area contributed by atoms with Crippen molar-refractivity contribution >= 4 is 45.5 Å². The third-order valence-corrected chi connectivity index (χ3v) is 6.08. The molecule has 31 heavy (non-hydrogen) atoms. The highest BCUT2D eigenvalue weighted by Crippen LogP contribution is 2.29. The van der Waals surface area contributed by atoms with Crippen molar-refractivity contribution < 1.29 is 28.6 Å². The average molecular weight is 461 g/mol. The van der Waals surface area contributed by atoms with Crippen LogP contribution >= 0.6 is 22.7 Å². The van der Waals surface area contributed by atoms with Gasteiger partial charge in [-0.3, -0.25) is 9.59 Å². The lowest BCUT2D eigenvalue weighted by molar-refractivity contribution is -0.138. The van der Waals surface area contributed by atoms with Crippen LogP contribution in [0.3, 0.4) is 0 Å². The molecule has 1 fully saturated rings. The highest BCUT2D eigenvalue weighted by molar-refractivity contribution is 7.14. The van der Waals surface area contributed by atoms with Crippen molar-refractivity contribution in [3.63, 3.8) is 0 Å². The number of ether oxygens (including phenoxy) is 1. The maximum atomic E-state index is 13.1. The van der Waals surface area contributed by atoms with Gasteiger partial charge in [0.25, 0.3) is 0 Å². The van der Waals surface area contributed by atoms with Crippen molar-refractivity contribution in [2.24, 2.45) is 5.92 Å². The Kier molecular flexibility index (Phi) is 6.16. The van der Waals surface area contributed by atoms with Gasteiger partial charge in [0.05, 0.1) is 22.8 Å². The van der Waals surface area contributed by atoms with E-state index in [-0.39, 0.29) is 18.7 Å². The quantitative estimate of drug-likeness (QED) is 0.470. The van der Waals surface area contributed by atoms with Gasteiger partial charge >= 0.3 is 5.97 Å². The summed E-state index contributed by atoms with van der Waals surface area (Å²) in [6, 6.07) is 5.84. The minimum atomic E-state index is -1.20. The molecule has 4 rings (SSSR count). The van der Waals surface area contributed by atoms with Crippen LogP contribution in [0.15, 0.2) is 40.5 Å². The molecular formula is C20H16FN3O5S2. The summed E-state index contributed by atoms with van der Waals surface area (Å²) in [5.41, 5.74) is 3.59. The molecule has 1 aliphatic rings. The summed E-state index contributed by atoms with van der Waals surface area (Å²) in [6.07, 6.45) is -2.11. The standard InChI is InChI=1S/C20H16FN3O5S2/c21-12-3-1-10(2-4-12)14-8-31-20(23-14)24-18(26)11(5-13-7-30-9-22-13)6-15(25)16-17(29-16)19(27)28/h1-4,7-9,11,16-17H,5-6H2,(H,27,28)(H,23,24,26)/t11-,16+,17-/m1/s1. The summed E-state index contributed by atoms with van der Waals surface area (Å²) in [5, 5.41) is 15.5. The SMILES string of the molecule is O=C(Nc1nc(-c2ccc(F)cc2)cs1)[C@@H](CC(=O)[C@@H]1O[C@H]1C(=O)O)Cc1cscn1. The molecule has 11 heteroatoms. The van der Waals surface area contributed by atoms with E-state index in [9.17, 15) is 18.8 Å². The number of amides is 1. The number of aliphatic carboxylic acids is 1. The molecule has 0 bridgehead atoms. The highest BCUT2D eigenvalue weighted by atomic mass is 32.1. The lowest BCUT2D eigenvalue weighted by Crippen LogP contribution is -2.29. The van der Waals surface area contributed by atoms with Crippen LogP contribution in [0.4, 0.5) is 9.52 Å². The number of halogens is 1. The minimum Gasteiger partial charge on any atom is -0.479 e. The fourth-order valence-electron chi connectivity index (χ4n) is 3.04. The second-order valence-corrected chi connectivity index (χ2v) is 8.48. The number of Topliss-reactive ketones (excluding diaryl/α,β-unsaturated/α-hetero) is 1. The fourth-order valence-corrected chi connectivity index (χ4v) is 4.34. The van der Waals surface area contributed by atoms with E-state index in [4.69, 9.17) is 9.84 Å². The number of rotatable bonds is 9. The Bertz CT molecular complexity index is 1100. The second-order valence-electron chi connectivity index (χ2n) is 6.90. The first kappa shape index (κ1) is 21.2. The van der Waals surface area contributed by atoms with Crippen molar-refractivity contribution in [1.29, 1.82) is 0 Å². The first-order chi connectivity index (χ1) is 14.9. The molecule has 0 unspecified atom stereocenters. The van der Waals surface area contributed by atoms with Crippen LogP contribution in [0, 0.1) is 11.7 Å². The Morgan fingerprint density at radius 3 is 2.61 bits per heavy atom. The van der Waals surface area contributed by atoms with Gasteiger partial charge in [-0.15, -0.1) is 22.7 Å². The number of hydrogen-bond acceptors (Lipinski definition) is 8. The van der Waals surface area contributed by atoms with Crippen LogP contribution in [0.25, 0.3) is 11.3 Å². The number of benzene rings is 1. The smallest absolute Gasteiger partial charge is 0.336 e. The monoisotopic (exact) mass is 461 g/mol. The minimum absolute atomic E-state index is 0.173. The lowest BCUT2D eigenvalue weighted by atomic mass is 9.94. The third-order valence-electron chi connectivity index (χ3n) is 4.68. The molecule has 0 spiro atoms. The number of hydrogen-bond donors (Lipinski definition) is 2. The Labute approximate surface area is 183 Å². The van der Waals surface area contributed by atoms with Gasteiger partial charge in [-0.05, 0) is 24.3 Å². The van der Waals surface area contributed by atoms with E-state index in [0.29, 0.717) is 22.1 Å². The molecule has 1 aliphatic heterocycles. The number of carboxylic acids is 1. The summed E-state index contributed by atoms with van der Waals surface area (Å²) < 4.78 is 18.0. The zero-order valence-corrected chi connectivity index (χ0v) is 17.5. The Morgan fingerprint density at radius 2 is 1.97 bits per heavy atom. The maximum absolute atomic E-state index is 13.1. The van der Waals surface area contributed by atoms with Crippen molar-refractivity contribution in [1.82, 2.24) is 9.97 Å². The van der Waals surface area contributed by atoms with Gasteiger partial charge in [0.2, 0.25) is 5.91 Å². The predicted octanol–water partition coefficient (Wildman–Crippen LogP) is 3.01. The van der Waals surface area contributed by atoms with Crippen LogP contribution in [-0.2, 0) is 25.5 Å². The normalized spacial score (nSPS) is 18.4. The molecule has 0 aliphatic carbocycles. The molecule has 3 aromatic rings. The molecule has 3 atom stereocenters. The van der Waals surface area contributed by atoms with Gasteiger partial charge in [0, 0.05) is 29.2 Å². The number of nitrogens with one attached hydrogen (secondary N) is 1. The van der Waals surface area contributed by atoms with E-state index in [1.54, 1.807) is 28.4 Å². The van der Waals surface area contributed by atoms with Crippen LogP contribution in [-0.4, -0.2) is 44.9 Å². The van der Waals surface area contributed by atoms with Gasteiger partial charge in [-0.25, -0.2) is 19.2 Å². The van der Waals surface area contributed by atoms with Crippen LogP contribution in [0.1, 0.15) is 12.1 Å². The Hall–Kier alpha value is -3.02. The molecule has 8 nitrogen and oxygen atoms in total. The zero-order chi connectivity index (χ0) is 22.0. The van der Waals surface area contributed by atoms with Crippen LogP contribution in [0.2, 0.25) is 0 Å². The number of carboxylic acid groups (broad SMARTS) is 1. The number of anilines is 1. The number of carbonyl (C=O) groups is 3. The van der Waals surface area contributed by atoms with E-state index >= 15 is 0 Å². The van der Waals surface area contributed by atoms with Gasteiger partial charge in [0.1, 0.15) is 5.82 Å². The number of nitrogens with zero attached hydrogens (tertiary/aromatic N) is 2. The summed E-state index contributed by atoms with van der Waals surface area (Å²) >= 11 is 2.58. The topological polar surface area (TPSA) is 122 Å². The number of aromatic nitrogens is 2. The molecule has 2 aromatic heterocycles. The summed E-state index contributed by atoms with van der Waals surface area (Å²) in [5.74, 6) is -3.17. The van der Waals surface area contributed by atoms with Gasteiger partial charge in [-0.1, -0.05) is 0 Å². The molecule has 1 aromatic carbocycles. The third kappa shape index (κ3) is 5.19.